The number of benzene rings is 1. The summed E-state index contributed by atoms with van der Waals surface area (Å²) >= 11 is 5.81. The third kappa shape index (κ3) is 1.93. The van der Waals surface area contributed by atoms with Gasteiger partial charge in [0.2, 0.25) is 0 Å². The molecule has 0 aromatic heterocycles. The monoisotopic (exact) mass is 172 g/mol. The van der Waals surface area contributed by atoms with Crippen LogP contribution in [0.15, 0.2) is 18.2 Å². The zero-order valence-corrected chi connectivity index (χ0v) is 7.32. The molecule has 0 radical (unpaired) electrons. The minimum atomic E-state index is -0.175. The van der Waals surface area contributed by atoms with Crippen LogP contribution in [0.3, 0.4) is 0 Å². The van der Waals surface area contributed by atoms with Crippen molar-refractivity contribution in [3.8, 4) is 0 Å². The molecule has 60 valence electrons. The highest BCUT2D eigenvalue weighted by atomic mass is 35.5. The first-order valence-electron chi connectivity index (χ1n) is 3.51. The van der Waals surface area contributed by atoms with Gasteiger partial charge in [0, 0.05) is 0 Å². The Morgan fingerprint density at radius 2 is 2.09 bits per heavy atom. The first-order chi connectivity index (χ1) is 5.11. The Morgan fingerprint density at radius 1 is 1.45 bits per heavy atom. The molecule has 1 unspecified atom stereocenters. The lowest BCUT2D eigenvalue weighted by molar-refractivity contribution is 0.617. The van der Waals surface area contributed by atoms with E-state index in [1.807, 2.05) is 6.92 Å². The zero-order chi connectivity index (χ0) is 8.43. The van der Waals surface area contributed by atoms with E-state index in [0.717, 1.165) is 5.56 Å². The maximum absolute atomic E-state index is 12.7. The first kappa shape index (κ1) is 8.54. The fourth-order valence-corrected chi connectivity index (χ4v) is 1.05. The van der Waals surface area contributed by atoms with Crippen molar-refractivity contribution in [2.75, 3.05) is 0 Å². The van der Waals surface area contributed by atoms with Crippen LogP contribution in [0, 0.1) is 12.7 Å². The van der Waals surface area contributed by atoms with Crippen molar-refractivity contribution < 1.29 is 4.39 Å². The molecule has 0 saturated heterocycles. The van der Waals surface area contributed by atoms with Crippen LogP contribution in [0.25, 0.3) is 0 Å². The van der Waals surface area contributed by atoms with E-state index in [9.17, 15) is 4.39 Å². The maximum atomic E-state index is 12.7. The summed E-state index contributed by atoms with van der Waals surface area (Å²) in [4.78, 5) is 0. The topological polar surface area (TPSA) is 0 Å². The number of alkyl halides is 1. The van der Waals surface area contributed by atoms with Gasteiger partial charge in [-0.1, -0.05) is 12.1 Å². The van der Waals surface area contributed by atoms with Crippen LogP contribution in [0.2, 0.25) is 0 Å². The van der Waals surface area contributed by atoms with E-state index in [1.165, 1.54) is 6.07 Å². The van der Waals surface area contributed by atoms with E-state index >= 15 is 0 Å². The molecule has 0 aliphatic heterocycles. The maximum Gasteiger partial charge on any atom is 0.126 e. The van der Waals surface area contributed by atoms with Gasteiger partial charge in [-0.15, -0.1) is 11.6 Å². The number of hydrogen-bond donors (Lipinski definition) is 0. The van der Waals surface area contributed by atoms with E-state index in [0.29, 0.717) is 5.56 Å². The van der Waals surface area contributed by atoms with Crippen LogP contribution in [0.1, 0.15) is 23.4 Å². The molecule has 0 amide bonds. The molecule has 1 atom stereocenters. The average molecular weight is 173 g/mol. The van der Waals surface area contributed by atoms with E-state index in [4.69, 9.17) is 11.6 Å². The van der Waals surface area contributed by atoms with Crippen molar-refractivity contribution in [3.05, 3.63) is 35.1 Å². The van der Waals surface area contributed by atoms with Crippen LogP contribution < -0.4 is 0 Å². The largest absolute Gasteiger partial charge is 0.207 e. The van der Waals surface area contributed by atoms with E-state index in [1.54, 1.807) is 19.1 Å². The summed E-state index contributed by atoms with van der Waals surface area (Å²) in [7, 11) is 0. The molecule has 0 bridgehead atoms. The summed E-state index contributed by atoms with van der Waals surface area (Å²) in [5.74, 6) is -0.175. The van der Waals surface area contributed by atoms with Crippen molar-refractivity contribution in [2.24, 2.45) is 0 Å². The van der Waals surface area contributed by atoms with Gasteiger partial charge in [-0.05, 0) is 31.0 Å². The van der Waals surface area contributed by atoms with Gasteiger partial charge in [-0.3, -0.25) is 0 Å². The summed E-state index contributed by atoms with van der Waals surface area (Å²) in [5.41, 5.74) is 1.61. The Morgan fingerprint density at radius 3 is 2.55 bits per heavy atom. The van der Waals surface area contributed by atoms with Gasteiger partial charge in [0.25, 0.3) is 0 Å². The first-order valence-corrected chi connectivity index (χ1v) is 3.95. The molecule has 1 rings (SSSR count). The van der Waals surface area contributed by atoms with Crippen LogP contribution in [0.4, 0.5) is 4.39 Å². The highest BCUT2D eigenvalue weighted by Crippen LogP contribution is 2.20. The van der Waals surface area contributed by atoms with E-state index in [-0.39, 0.29) is 11.2 Å². The summed E-state index contributed by atoms with van der Waals surface area (Å²) in [6, 6.07) is 4.93. The Labute approximate surface area is 71.0 Å². The lowest BCUT2D eigenvalue weighted by atomic mass is 10.1. The van der Waals surface area contributed by atoms with Gasteiger partial charge in [0.1, 0.15) is 5.82 Å². The summed E-state index contributed by atoms with van der Waals surface area (Å²) in [6.07, 6.45) is 0. The van der Waals surface area contributed by atoms with Crippen molar-refractivity contribution in [3.63, 3.8) is 0 Å². The van der Waals surface area contributed by atoms with E-state index in [2.05, 4.69) is 0 Å². The Bertz CT molecular complexity index is 256. The van der Waals surface area contributed by atoms with Crippen molar-refractivity contribution in [2.45, 2.75) is 19.2 Å². The van der Waals surface area contributed by atoms with Crippen LogP contribution in [0.5, 0.6) is 0 Å². The van der Waals surface area contributed by atoms with Crippen LogP contribution in [-0.2, 0) is 0 Å². The van der Waals surface area contributed by atoms with Gasteiger partial charge in [0.15, 0.2) is 0 Å². The normalized spacial score (nSPS) is 13.1. The van der Waals surface area contributed by atoms with Crippen molar-refractivity contribution in [1.29, 1.82) is 0 Å². The van der Waals surface area contributed by atoms with Crippen LogP contribution >= 0.6 is 11.6 Å². The summed E-state index contributed by atoms with van der Waals surface area (Å²) in [5, 5.41) is -0.0469. The molecule has 1 aromatic carbocycles. The number of hydrogen-bond acceptors (Lipinski definition) is 0. The fourth-order valence-electron chi connectivity index (χ4n) is 0.915. The minimum absolute atomic E-state index is 0.0469. The van der Waals surface area contributed by atoms with Gasteiger partial charge < -0.3 is 0 Å². The van der Waals surface area contributed by atoms with Crippen LogP contribution in [-0.4, -0.2) is 0 Å². The highest BCUT2D eigenvalue weighted by molar-refractivity contribution is 6.20. The molecule has 0 spiro atoms. The Hall–Kier alpha value is -0.560. The summed E-state index contributed by atoms with van der Waals surface area (Å²) < 4.78 is 12.7. The lowest BCUT2D eigenvalue weighted by Gasteiger charge is -2.04. The van der Waals surface area contributed by atoms with Gasteiger partial charge in [-0.2, -0.15) is 0 Å². The summed E-state index contributed by atoms with van der Waals surface area (Å²) in [6.45, 7) is 3.60. The zero-order valence-electron chi connectivity index (χ0n) is 6.57. The third-order valence-corrected chi connectivity index (χ3v) is 1.89. The Balaban J connectivity index is 3.05. The standard InChI is InChI=1S/C9H10ClF/c1-6-5-8(7(2)10)3-4-9(6)11/h3-5,7H,1-2H3. The molecule has 0 aliphatic carbocycles. The number of rotatable bonds is 1. The predicted octanol–water partition coefficient (Wildman–Crippen LogP) is 3.43. The molecule has 11 heavy (non-hydrogen) atoms. The second-order valence-corrected chi connectivity index (χ2v) is 3.28. The molecular weight excluding hydrogens is 163 g/mol. The molecule has 0 N–H and O–H groups in total. The quantitative estimate of drug-likeness (QED) is 0.570. The van der Waals surface area contributed by atoms with Crippen molar-refractivity contribution in [1.82, 2.24) is 0 Å². The molecule has 0 saturated carbocycles. The van der Waals surface area contributed by atoms with Crippen molar-refractivity contribution >= 4 is 11.6 Å². The molecule has 0 fully saturated rings. The smallest absolute Gasteiger partial charge is 0.126 e. The van der Waals surface area contributed by atoms with E-state index < -0.39 is 0 Å². The average Bonchev–Trinajstić information content (AvgIpc) is 1.94. The molecule has 0 aliphatic rings. The SMILES string of the molecule is Cc1cc(C(C)Cl)ccc1F. The molecule has 0 heterocycles. The Kier molecular flexibility index (Phi) is 2.50. The lowest BCUT2D eigenvalue weighted by Crippen LogP contribution is -1.88. The highest BCUT2D eigenvalue weighted by Gasteiger charge is 2.02. The second kappa shape index (κ2) is 3.22. The fraction of sp³-hybridized carbons (Fsp3) is 0.333. The second-order valence-electron chi connectivity index (χ2n) is 2.62. The third-order valence-electron chi connectivity index (χ3n) is 1.64. The molecule has 1 aromatic rings. The van der Waals surface area contributed by atoms with Gasteiger partial charge >= 0.3 is 0 Å². The molecule has 0 nitrogen and oxygen atoms in total. The predicted molar refractivity (Wildman–Crippen MR) is 45.4 cm³/mol. The van der Waals surface area contributed by atoms with Gasteiger partial charge in [0.05, 0.1) is 5.38 Å². The number of aryl methyl sites for hydroxylation is 1. The molecular formula is C9H10ClF. The minimum Gasteiger partial charge on any atom is -0.207 e. The number of halogens is 2. The van der Waals surface area contributed by atoms with Gasteiger partial charge in [-0.25, -0.2) is 4.39 Å². The molecule has 2 heteroatoms.